The van der Waals surface area contributed by atoms with Crippen LogP contribution >= 0.6 is 0 Å². The fourth-order valence-corrected chi connectivity index (χ4v) is 9.58. The molecule has 0 saturated heterocycles. The first-order valence-corrected chi connectivity index (χ1v) is 18.8. The second kappa shape index (κ2) is 10.6. The van der Waals surface area contributed by atoms with Gasteiger partial charge in [-0.2, -0.15) is 0 Å². The number of nitrogens with zero attached hydrogens (tertiary/aromatic N) is 3. The molecule has 0 bridgehead atoms. The topological polar surface area (TPSA) is 30.7 Å². The molecule has 0 saturated carbocycles. The fraction of sp³-hybridized carbons (Fsp3) is 0.0588. The van der Waals surface area contributed by atoms with Crippen molar-refractivity contribution in [3.8, 4) is 28.3 Å². The molecule has 0 amide bonds. The molecule has 0 aliphatic heterocycles. The van der Waals surface area contributed by atoms with Crippen LogP contribution in [0.25, 0.3) is 104 Å². The van der Waals surface area contributed by atoms with Gasteiger partial charge in [0.05, 0.1) is 22.4 Å². The van der Waals surface area contributed by atoms with Crippen LogP contribution in [0, 0.1) is 0 Å². The van der Waals surface area contributed by atoms with Crippen molar-refractivity contribution in [3.05, 3.63) is 175 Å². The molecule has 0 radical (unpaired) electrons. The Morgan fingerprint density at radius 2 is 1.00 bits per heavy atom. The van der Waals surface area contributed by atoms with Gasteiger partial charge in [0.15, 0.2) is 5.82 Å². The van der Waals surface area contributed by atoms with Gasteiger partial charge >= 0.3 is 0 Å². The molecular weight excluding hydrogens is 655 g/mol. The van der Waals surface area contributed by atoms with Crippen LogP contribution in [0.15, 0.2) is 164 Å². The highest BCUT2D eigenvalue weighted by Gasteiger charge is 2.39. The van der Waals surface area contributed by atoms with E-state index < -0.39 is 0 Å². The number of aromatic nitrogens is 3. The number of rotatable bonds is 2. The van der Waals surface area contributed by atoms with Crippen molar-refractivity contribution in [1.82, 2.24) is 14.5 Å². The van der Waals surface area contributed by atoms with Gasteiger partial charge < -0.3 is 0 Å². The molecule has 0 fully saturated rings. The van der Waals surface area contributed by atoms with Gasteiger partial charge in [-0.15, -0.1) is 0 Å². The average molecular weight is 688 g/mol. The first-order chi connectivity index (χ1) is 26.6. The molecule has 2 aromatic heterocycles. The van der Waals surface area contributed by atoms with Crippen LogP contribution in [0.2, 0.25) is 0 Å². The minimum Gasteiger partial charge on any atom is -0.291 e. The minimum absolute atomic E-state index is 0.332. The number of fused-ring (bicyclic) bond motifs is 15. The summed E-state index contributed by atoms with van der Waals surface area (Å²) in [6, 6.07) is 59.8. The Hall–Kier alpha value is -6.84. The molecule has 54 heavy (non-hydrogen) atoms. The van der Waals surface area contributed by atoms with E-state index in [2.05, 4.69) is 182 Å². The Balaban J connectivity index is 1.32. The maximum atomic E-state index is 5.88. The van der Waals surface area contributed by atoms with Crippen LogP contribution in [0.5, 0.6) is 0 Å². The molecule has 12 rings (SSSR count). The fourth-order valence-electron chi connectivity index (χ4n) is 9.58. The van der Waals surface area contributed by atoms with E-state index in [1.54, 1.807) is 0 Å². The molecule has 252 valence electrons. The Morgan fingerprint density at radius 3 is 1.76 bits per heavy atom. The van der Waals surface area contributed by atoms with Gasteiger partial charge in [-0.05, 0) is 66.2 Å². The van der Waals surface area contributed by atoms with Crippen LogP contribution in [-0.4, -0.2) is 14.5 Å². The third-order valence-corrected chi connectivity index (χ3v) is 12.1. The predicted molar refractivity (Wildman–Crippen MR) is 227 cm³/mol. The lowest BCUT2D eigenvalue weighted by Crippen LogP contribution is -2.18. The van der Waals surface area contributed by atoms with Crippen molar-refractivity contribution in [2.45, 2.75) is 19.3 Å². The van der Waals surface area contributed by atoms with E-state index in [1.165, 1.54) is 70.2 Å². The van der Waals surface area contributed by atoms with Gasteiger partial charge in [0.2, 0.25) is 0 Å². The van der Waals surface area contributed by atoms with Crippen molar-refractivity contribution < 1.29 is 0 Å². The van der Waals surface area contributed by atoms with E-state index in [1.807, 2.05) is 0 Å². The molecule has 11 aromatic rings. The summed E-state index contributed by atoms with van der Waals surface area (Å²) in [4.78, 5) is 11.7. The van der Waals surface area contributed by atoms with Gasteiger partial charge in [-0.1, -0.05) is 166 Å². The summed E-state index contributed by atoms with van der Waals surface area (Å²) in [6.45, 7) is 4.59. The summed E-state index contributed by atoms with van der Waals surface area (Å²) < 4.78 is 2.43. The lowest BCUT2D eigenvalue weighted by atomic mass is 9.85. The monoisotopic (exact) mass is 687 g/mol. The largest absolute Gasteiger partial charge is 0.291 e. The van der Waals surface area contributed by atoms with Crippen LogP contribution in [0.4, 0.5) is 0 Å². The average Bonchev–Trinajstić information content (AvgIpc) is 3.66. The molecule has 3 heteroatoms. The number of hydrogen-bond acceptors (Lipinski definition) is 2. The van der Waals surface area contributed by atoms with Crippen molar-refractivity contribution in [2.24, 2.45) is 0 Å². The zero-order valence-electron chi connectivity index (χ0n) is 29.9. The summed E-state index contributed by atoms with van der Waals surface area (Å²) in [7, 11) is 0. The van der Waals surface area contributed by atoms with Crippen molar-refractivity contribution in [2.75, 3.05) is 0 Å². The van der Waals surface area contributed by atoms with E-state index in [-0.39, 0.29) is 5.41 Å². The smallest absolute Gasteiger partial charge is 0.164 e. The first kappa shape index (κ1) is 29.7. The van der Waals surface area contributed by atoms with E-state index >= 15 is 0 Å². The second-order valence-electron chi connectivity index (χ2n) is 15.3. The molecular formula is C51H33N3. The van der Waals surface area contributed by atoms with E-state index in [0.29, 0.717) is 0 Å². The zero-order valence-corrected chi connectivity index (χ0v) is 29.9. The van der Waals surface area contributed by atoms with E-state index in [0.717, 1.165) is 45.1 Å². The minimum atomic E-state index is -0.332. The quantitative estimate of drug-likeness (QED) is 0.169. The molecule has 0 N–H and O–H groups in total. The standard InChI is InChI=1S/C51H33N3/c1-51(2)43-25-12-11-22-40(43)46-49(51)53-50(47(52-46)41-24-13-23-38-36-19-8-7-18-34(36)35-20-9-10-21-37(35)45(38)41)54-44-29-32-16-4-3-15-31(32)28-42(44)39-27-26-30-14-5-6-17-33(30)48(39)54/h3-29H,1-2H3. The highest BCUT2D eigenvalue weighted by atomic mass is 15.1. The van der Waals surface area contributed by atoms with Crippen LogP contribution < -0.4 is 0 Å². The van der Waals surface area contributed by atoms with Gasteiger partial charge in [-0.3, -0.25) is 4.57 Å². The molecule has 0 spiro atoms. The molecule has 0 atom stereocenters. The zero-order chi connectivity index (χ0) is 35.7. The maximum Gasteiger partial charge on any atom is 0.164 e. The van der Waals surface area contributed by atoms with Crippen molar-refractivity contribution in [3.63, 3.8) is 0 Å². The highest BCUT2D eigenvalue weighted by molar-refractivity contribution is 6.29. The van der Waals surface area contributed by atoms with E-state index in [4.69, 9.17) is 9.97 Å². The molecule has 1 aliphatic carbocycles. The van der Waals surface area contributed by atoms with Gasteiger partial charge in [-0.25, -0.2) is 9.97 Å². The third kappa shape index (κ3) is 3.85. The Morgan fingerprint density at radius 1 is 0.426 bits per heavy atom. The maximum absolute atomic E-state index is 5.88. The summed E-state index contributed by atoms with van der Waals surface area (Å²) in [6.07, 6.45) is 0. The predicted octanol–water partition coefficient (Wildman–Crippen LogP) is 13.3. The normalized spacial score (nSPS) is 13.5. The summed E-state index contributed by atoms with van der Waals surface area (Å²) in [5, 5.41) is 14.6. The molecule has 2 heterocycles. The number of hydrogen-bond donors (Lipinski definition) is 0. The molecule has 0 unspecified atom stereocenters. The molecule has 1 aliphatic rings. The third-order valence-electron chi connectivity index (χ3n) is 12.1. The molecule has 9 aromatic carbocycles. The lowest BCUT2D eigenvalue weighted by Gasteiger charge is -2.22. The first-order valence-electron chi connectivity index (χ1n) is 18.8. The summed E-state index contributed by atoms with van der Waals surface area (Å²) in [5.74, 6) is 0.853. The Labute approximate surface area is 311 Å². The van der Waals surface area contributed by atoms with E-state index in [9.17, 15) is 0 Å². The van der Waals surface area contributed by atoms with Gasteiger partial charge in [0, 0.05) is 32.7 Å². The lowest BCUT2D eigenvalue weighted by molar-refractivity contribution is 0.633. The van der Waals surface area contributed by atoms with Crippen LogP contribution in [0.3, 0.4) is 0 Å². The summed E-state index contributed by atoms with van der Waals surface area (Å²) >= 11 is 0. The van der Waals surface area contributed by atoms with Crippen LogP contribution in [-0.2, 0) is 5.41 Å². The Bertz CT molecular complexity index is 3380. The highest BCUT2D eigenvalue weighted by Crippen LogP contribution is 2.50. The SMILES string of the molecule is CC1(C)c2ccccc2-c2nc(-c3cccc4c5ccccc5c5ccccc5c34)c(-n3c4cc5ccccc5cc4c4ccc5ccccc5c43)nc21. The number of benzene rings is 9. The van der Waals surface area contributed by atoms with Crippen molar-refractivity contribution in [1.29, 1.82) is 0 Å². The molecule has 3 nitrogen and oxygen atoms in total. The second-order valence-corrected chi connectivity index (χ2v) is 15.3. The summed E-state index contributed by atoms with van der Waals surface area (Å²) in [5.41, 5.74) is 8.30. The van der Waals surface area contributed by atoms with Gasteiger partial charge in [0.1, 0.15) is 5.69 Å². The van der Waals surface area contributed by atoms with Crippen LogP contribution in [0.1, 0.15) is 25.1 Å². The van der Waals surface area contributed by atoms with Gasteiger partial charge in [0.25, 0.3) is 0 Å². The van der Waals surface area contributed by atoms with Crippen molar-refractivity contribution >= 4 is 75.7 Å². The Kier molecular flexibility index (Phi) is 5.84.